The van der Waals surface area contributed by atoms with E-state index in [1.165, 1.54) is 4.57 Å². The molecule has 0 amide bonds. The van der Waals surface area contributed by atoms with E-state index >= 15 is 0 Å². The number of aliphatic hydroxyl groups excluding tert-OH is 1. The molecule has 65 heavy (non-hydrogen) atoms. The summed E-state index contributed by atoms with van der Waals surface area (Å²) in [4.78, 5) is 31.6. The molecule has 2 aliphatic rings. The van der Waals surface area contributed by atoms with Crippen LogP contribution >= 0.6 is 19.5 Å². The number of thioether (sulfide) groups is 1. The lowest BCUT2D eigenvalue weighted by molar-refractivity contribution is -0.217. The number of hydrogen-bond acceptors (Lipinski definition) is 14. The number of carbonyl (C=O) groups excluding carboxylic acids is 1. The van der Waals surface area contributed by atoms with E-state index in [2.05, 4.69) is 15.4 Å². The quantitative estimate of drug-likeness (QED) is 0.0393. The number of carbonyl (C=O) groups is 1. The molecule has 5 aromatic rings. The number of ether oxygens (including phenoxy) is 5. The maximum Gasteiger partial charge on any atom is 0.405 e. The third-order valence-corrected chi connectivity index (χ3v) is 14.2. The van der Waals surface area contributed by atoms with Gasteiger partial charge in [-0.1, -0.05) is 96.7 Å². The zero-order chi connectivity index (χ0) is 46.5. The van der Waals surface area contributed by atoms with Gasteiger partial charge in [0.05, 0.1) is 39.5 Å². The first-order valence-electron chi connectivity index (χ1n) is 21.3. The molecule has 346 valence electrons. The van der Waals surface area contributed by atoms with Crippen molar-refractivity contribution < 1.29 is 47.2 Å². The molecule has 2 aliphatic heterocycles. The van der Waals surface area contributed by atoms with Crippen LogP contribution in [0.25, 0.3) is 0 Å². The molecule has 15 nitrogen and oxygen atoms in total. The van der Waals surface area contributed by atoms with E-state index in [9.17, 15) is 19.3 Å². The lowest BCUT2D eigenvalue weighted by Crippen LogP contribution is -2.45. The maximum atomic E-state index is 14.4. The van der Waals surface area contributed by atoms with Crippen molar-refractivity contribution in [1.82, 2.24) is 14.6 Å². The first-order valence-corrected chi connectivity index (χ1v) is 23.8. The van der Waals surface area contributed by atoms with E-state index in [0.29, 0.717) is 11.5 Å². The van der Waals surface area contributed by atoms with Crippen LogP contribution in [0.5, 0.6) is 11.5 Å². The van der Waals surface area contributed by atoms with Gasteiger partial charge in [-0.2, -0.15) is 4.98 Å². The molecule has 4 aromatic carbocycles. The normalized spacial score (nSPS) is 21.3. The van der Waals surface area contributed by atoms with Crippen LogP contribution in [0.1, 0.15) is 63.1 Å². The van der Waals surface area contributed by atoms with Crippen molar-refractivity contribution in [2.75, 3.05) is 45.1 Å². The Hall–Kier alpha value is -4.87. The van der Waals surface area contributed by atoms with Crippen molar-refractivity contribution in [3.05, 3.63) is 154 Å². The number of fused-ring (bicyclic) bond motifs is 1. The zero-order valence-electron chi connectivity index (χ0n) is 37.6. The van der Waals surface area contributed by atoms with Crippen LogP contribution in [0.2, 0.25) is 0 Å². The average molecular weight is 929 g/mol. The van der Waals surface area contributed by atoms with Crippen LogP contribution in [0, 0.1) is 5.41 Å². The number of aliphatic hydroxyl groups is 1. The number of nitrogens with one attached hydrogen (secondary N) is 2. The Kier molecular flexibility index (Phi) is 14.7. The van der Waals surface area contributed by atoms with Gasteiger partial charge in [0.15, 0.2) is 17.1 Å². The number of benzene rings is 4. The van der Waals surface area contributed by atoms with Crippen LogP contribution in [0.3, 0.4) is 0 Å². The molecule has 3 N–H and O–H groups in total. The average Bonchev–Trinajstić information content (AvgIpc) is 3.72. The predicted molar refractivity (Wildman–Crippen MR) is 248 cm³/mol. The first kappa shape index (κ1) is 48.1. The van der Waals surface area contributed by atoms with E-state index in [1.807, 2.05) is 109 Å². The van der Waals surface area contributed by atoms with Gasteiger partial charge in [-0.25, -0.2) is 14.4 Å². The molecule has 2 unspecified atom stereocenters. The van der Waals surface area contributed by atoms with Gasteiger partial charge in [0.25, 0.3) is 0 Å². The second kappa shape index (κ2) is 19.9. The van der Waals surface area contributed by atoms with E-state index in [-0.39, 0.29) is 43.1 Å². The third kappa shape index (κ3) is 10.6. The third-order valence-electron chi connectivity index (χ3n) is 11.5. The summed E-state index contributed by atoms with van der Waals surface area (Å²) >= 11 is 0.979. The van der Waals surface area contributed by atoms with Crippen LogP contribution in [-0.4, -0.2) is 83.2 Å². The number of anilines is 1. The summed E-state index contributed by atoms with van der Waals surface area (Å²) in [6.45, 7) is 8.13. The van der Waals surface area contributed by atoms with Gasteiger partial charge in [-0.15, -0.1) is 0 Å². The summed E-state index contributed by atoms with van der Waals surface area (Å²) in [5, 5.41) is 16.0. The Bertz CT molecular complexity index is 2450. The fourth-order valence-electron chi connectivity index (χ4n) is 8.09. The molecular formula is C48H57N4O11PS. The van der Waals surface area contributed by atoms with Gasteiger partial charge in [-0.05, 0) is 87.2 Å². The largest absolute Gasteiger partial charge is 0.497 e. The second-order valence-corrected chi connectivity index (χ2v) is 20.0. The Labute approximate surface area is 383 Å². The Morgan fingerprint density at radius 2 is 1.45 bits per heavy atom. The van der Waals surface area contributed by atoms with Crippen molar-refractivity contribution in [3.8, 4) is 11.5 Å². The molecule has 0 bridgehead atoms. The second-order valence-electron chi connectivity index (χ2n) is 17.1. The standard InChI is InChI=1S/C48H57N4O11PS/c1-45(2,32-53)43(54)65-29-28-59-64(56,49-30-33-14-10-8-11-15-33)60-31-39-41-47(5,63-46(3,4)62-41)42(61-39)52-27-26-40(50-44(52)55)51-48(34-16-12-9-13-17-34,35-18-22-37(57-6)23-19-35)36-20-24-38(58-7)25-21-36/h8-27,39,41-42,53H,28-32H2,1-7H3,(H,49,56)(H,50,51,55)/t39-,41?,42-,47+,64?/m1/s1. The van der Waals surface area contributed by atoms with E-state index in [0.717, 1.165) is 34.0 Å². The van der Waals surface area contributed by atoms with Crippen molar-refractivity contribution in [2.24, 2.45) is 5.41 Å². The smallest absolute Gasteiger partial charge is 0.405 e. The van der Waals surface area contributed by atoms with Gasteiger partial charge < -0.3 is 34.1 Å². The molecule has 17 heteroatoms. The number of nitrogens with zero attached hydrogens (tertiary/aromatic N) is 2. The highest BCUT2D eigenvalue weighted by atomic mass is 32.2. The summed E-state index contributed by atoms with van der Waals surface area (Å²) in [5.74, 6) is 0.744. The van der Waals surface area contributed by atoms with Gasteiger partial charge in [-0.3, -0.25) is 18.4 Å². The highest BCUT2D eigenvalue weighted by molar-refractivity contribution is 8.13. The van der Waals surface area contributed by atoms with Crippen LogP contribution in [0.4, 0.5) is 5.82 Å². The highest BCUT2D eigenvalue weighted by Gasteiger charge is 2.64. The maximum absolute atomic E-state index is 14.4. The van der Waals surface area contributed by atoms with Crippen LogP contribution in [0.15, 0.2) is 126 Å². The predicted octanol–water partition coefficient (Wildman–Crippen LogP) is 7.68. The van der Waals surface area contributed by atoms with Crippen molar-refractivity contribution >= 4 is 30.4 Å². The molecule has 3 heterocycles. The van der Waals surface area contributed by atoms with Crippen LogP contribution < -0.4 is 25.6 Å². The zero-order valence-corrected chi connectivity index (χ0v) is 39.3. The van der Waals surface area contributed by atoms with Gasteiger partial charge >= 0.3 is 13.4 Å². The topological polar surface area (TPSA) is 178 Å². The SMILES string of the molecule is COc1ccc(C(Nc2ccn([C@@H]3O[C@H](COP(=O)(NCc4ccccc4)OCCSC(=O)C(C)(C)CO)C4OC(C)(C)O[C@@]43C)c(=O)n2)(c2ccccc2)c2ccc(OC)cc2)cc1. The molecule has 0 aliphatic carbocycles. The first-order chi connectivity index (χ1) is 31.0. The molecule has 0 radical (unpaired) electrons. The van der Waals surface area contributed by atoms with E-state index in [1.54, 1.807) is 61.1 Å². The molecule has 2 fully saturated rings. The lowest BCUT2D eigenvalue weighted by atomic mass is 9.77. The van der Waals surface area contributed by atoms with Crippen molar-refractivity contribution in [3.63, 3.8) is 0 Å². The highest BCUT2D eigenvalue weighted by Crippen LogP contribution is 2.53. The van der Waals surface area contributed by atoms with E-state index < -0.39 is 54.2 Å². The fourth-order valence-corrected chi connectivity index (χ4v) is 10.3. The summed E-state index contributed by atoms with van der Waals surface area (Å²) < 4.78 is 58.2. The summed E-state index contributed by atoms with van der Waals surface area (Å²) in [7, 11) is -0.825. The number of aromatic nitrogens is 2. The molecule has 5 atom stereocenters. The number of hydrogen-bond donors (Lipinski definition) is 3. The van der Waals surface area contributed by atoms with E-state index in [4.69, 9.17) is 32.7 Å². The monoisotopic (exact) mass is 928 g/mol. The summed E-state index contributed by atoms with van der Waals surface area (Å²) in [6, 6.07) is 36.4. The van der Waals surface area contributed by atoms with Gasteiger partial charge in [0, 0.05) is 18.5 Å². The summed E-state index contributed by atoms with van der Waals surface area (Å²) in [6.07, 6.45) is -1.11. The van der Waals surface area contributed by atoms with Crippen molar-refractivity contribution in [1.29, 1.82) is 0 Å². The van der Waals surface area contributed by atoms with Gasteiger partial charge in [0.1, 0.15) is 40.7 Å². The minimum atomic E-state index is -4.05. The van der Waals surface area contributed by atoms with Crippen molar-refractivity contribution in [2.45, 2.75) is 76.5 Å². The summed E-state index contributed by atoms with van der Waals surface area (Å²) in [5.41, 5.74) is -0.403. The Balaban J connectivity index is 1.17. The van der Waals surface area contributed by atoms with Crippen LogP contribution in [-0.2, 0) is 44.7 Å². The molecular weight excluding hydrogens is 872 g/mol. The Morgan fingerprint density at radius 3 is 2.02 bits per heavy atom. The molecule has 1 aromatic heterocycles. The molecule has 0 saturated carbocycles. The molecule has 0 spiro atoms. The number of methoxy groups -OCH3 is 2. The number of rotatable bonds is 20. The molecule has 7 rings (SSSR count). The lowest BCUT2D eigenvalue weighted by Gasteiger charge is -2.37. The van der Waals surface area contributed by atoms with Gasteiger partial charge in [0.2, 0.25) is 0 Å². The molecule has 2 saturated heterocycles. The Morgan fingerprint density at radius 1 is 0.862 bits per heavy atom. The minimum Gasteiger partial charge on any atom is -0.497 e. The fraction of sp³-hybridized carbons (Fsp3) is 0.396. The minimum absolute atomic E-state index is 0.0944.